The summed E-state index contributed by atoms with van der Waals surface area (Å²) < 4.78 is 152. The molecule has 11 N–H and O–H groups in total. The number of hydrogen-bond donors (Lipinski definition) is 9. The van der Waals surface area contributed by atoms with Crippen LogP contribution in [-0.2, 0) is 40.9 Å². The number of amides is 1. The predicted molar refractivity (Wildman–Crippen MR) is 392 cm³/mol. The normalized spacial score (nSPS) is 20.8. The van der Waals surface area contributed by atoms with Crippen molar-refractivity contribution in [2.24, 2.45) is 23.5 Å². The number of rotatable bonds is 29. The molecule has 0 atom stereocenters. The van der Waals surface area contributed by atoms with Gasteiger partial charge in [-0.15, -0.1) is 39.5 Å². The van der Waals surface area contributed by atoms with E-state index in [4.69, 9.17) is 11.5 Å². The smallest absolute Gasteiger partial charge is 0.405 e. The number of carbonyl (C=O) groups is 1. The van der Waals surface area contributed by atoms with Crippen LogP contribution in [0.5, 0.6) is 17.2 Å². The number of benzene rings is 3. The fraction of sp³-hybridized carbons (Fsp3) is 0.551. The molecular formula is C69H88F9N21O12S. The first-order valence-electron chi connectivity index (χ1n) is 36.3. The molecule has 12 rings (SSSR count). The quantitative estimate of drug-likeness (QED) is 0.0120. The van der Waals surface area contributed by atoms with Gasteiger partial charge >= 0.3 is 36.1 Å². The van der Waals surface area contributed by atoms with Crippen LogP contribution in [0.4, 0.5) is 91.9 Å². The molecule has 3 saturated heterocycles. The monoisotopic (exact) mass is 1610 g/mol. The van der Waals surface area contributed by atoms with Crippen molar-refractivity contribution >= 4 is 68.3 Å². The number of anilines is 6. The fourth-order valence-electron chi connectivity index (χ4n) is 14.7. The van der Waals surface area contributed by atoms with E-state index in [-0.39, 0.29) is 147 Å². The first-order chi connectivity index (χ1) is 53.0. The van der Waals surface area contributed by atoms with Gasteiger partial charge in [-0.05, 0) is 119 Å². The number of hydrogen-bond acceptors (Lipinski definition) is 28. The van der Waals surface area contributed by atoms with Gasteiger partial charge in [0.25, 0.3) is 0 Å². The fourth-order valence-corrected chi connectivity index (χ4v) is 15.4. The lowest BCUT2D eigenvalue weighted by molar-refractivity contribution is -0.385. The minimum absolute atomic E-state index is 0.00756. The van der Waals surface area contributed by atoms with Crippen LogP contribution >= 0.6 is 0 Å². The number of alkyl halides is 9. The lowest BCUT2D eigenvalue weighted by Crippen LogP contribution is -2.62. The van der Waals surface area contributed by atoms with Crippen LogP contribution in [0.2, 0.25) is 0 Å². The summed E-state index contributed by atoms with van der Waals surface area (Å²) in [6.45, 7) is 7.16. The van der Waals surface area contributed by atoms with Crippen LogP contribution in [0.1, 0.15) is 106 Å². The Balaban J connectivity index is 0.000000179. The first kappa shape index (κ1) is 84.3. The number of nitrogens with two attached hydrogens (primary N) is 2. The number of likely N-dealkylation sites (tertiary alicyclic amines) is 3. The molecule has 33 nitrogen and oxygen atoms in total. The van der Waals surface area contributed by atoms with E-state index in [0.29, 0.717) is 56.6 Å². The maximum Gasteiger partial charge on any atom is 0.573 e. The van der Waals surface area contributed by atoms with Crippen molar-refractivity contribution in [2.45, 2.75) is 165 Å². The molecule has 3 saturated carbocycles. The number of nitro groups is 3. The van der Waals surface area contributed by atoms with Gasteiger partial charge in [0.2, 0.25) is 51.2 Å². The predicted octanol–water partition coefficient (Wildman–Crippen LogP) is 10.0. The summed E-state index contributed by atoms with van der Waals surface area (Å²) >= 11 is 0. The Morgan fingerprint density at radius 1 is 0.518 bits per heavy atom. The van der Waals surface area contributed by atoms with Gasteiger partial charge in [0.05, 0.1) is 27.1 Å². The Kier molecular flexibility index (Phi) is 28.2. The van der Waals surface area contributed by atoms with Crippen molar-refractivity contribution in [3.05, 3.63) is 138 Å². The summed E-state index contributed by atoms with van der Waals surface area (Å²) in [5.74, 6) is -0.445. The average molecular weight is 1610 g/mol. The number of nitrogen functional groups attached to an aromatic ring is 1. The van der Waals surface area contributed by atoms with Crippen LogP contribution in [0.3, 0.4) is 0 Å². The molecule has 112 heavy (non-hydrogen) atoms. The Morgan fingerprint density at radius 3 is 1.24 bits per heavy atom. The van der Waals surface area contributed by atoms with Gasteiger partial charge in [-0.1, -0.05) is 54.6 Å². The number of para-hydroxylation sites is 3. The number of carbonyl (C=O) groups excluding carboxylic acids is 1. The van der Waals surface area contributed by atoms with Crippen LogP contribution in [0, 0.1) is 48.1 Å². The van der Waals surface area contributed by atoms with Crippen molar-refractivity contribution < 1.29 is 81.7 Å². The van der Waals surface area contributed by atoms with Crippen molar-refractivity contribution in [3.63, 3.8) is 0 Å². The molecule has 6 heterocycles. The summed E-state index contributed by atoms with van der Waals surface area (Å²) in [5.41, 5.74) is 11.7. The number of aromatic nitrogens is 6. The van der Waals surface area contributed by atoms with Crippen molar-refractivity contribution in [1.29, 1.82) is 0 Å². The number of nitrogens with one attached hydrogen (secondary N) is 7. The average Bonchev–Trinajstić information content (AvgIpc) is 0.823. The minimum atomic E-state index is -4.84. The second-order valence-corrected chi connectivity index (χ2v) is 30.3. The zero-order valence-electron chi connectivity index (χ0n) is 61.0. The lowest BCUT2D eigenvalue weighted by Gasteiger charge is -2.46. The molecule has 6 aromatic rings. The van der Waals surface area contributed by atoms with E-state index in [1.54, 1.807) is 18.2 Å². The molecule has 0 radical (unpaired) electrons. The van der Waals surface area contributed by atoms with Crippen molar-refractivity contribution in [1.82, 2.24) is 54.6 Å². The van der Waals surface area contributed by atoms with E-state index in [1.165, 1.54) is 61.5 Å². The van der Waals surface area contributed by atoms with Gasteiger partial charge in [0, 0.05) is 126 Å². The van der Waals surface area contributed by atoms with Gasteiger partial charge in [-0.2, -0.15) is 15.0 Å². The number of sulfonamides is 1. The molecule has 1 amide bonds. The zero-order valence-corrected chi connectivity index (χ0v) is 61.8. The second kappa shape index (κ2) is 37.5. The third-order valence-corrected chi connectivity index (χ3v) is 20.9. The minimum Gasteiger partial charge on any atom is -0.405 e. The van der Waals surface area contributed by atoms with Crippen LogP contribution in [-0.4, -0.2) is 188 Å². The van der Waals surface area contributed by atoms with Crippen molar-refractivity contribution in [2.75, 3.05) is 90.9 Å². The van der Waals surface area contributed by atoms with Crippen LogP contribution in [0.15, 0.2) is 85.2 Å². The Morgan fingerprint density at radius 2 is 0.884 bits per heavy atom. The molecule has 6 fully saturated rings. The van der Waals surface area contributed by atoms with Gasteiger partial charge in [0.15, 0.2) is 0 Å². The summed E-state index contributed by atoms with van der Waals surface area (Å²) in [6.07, 6.45) is 0.556. The molecule has 6 aliphatic rings. The van der Waals surface area contributed by atoms with E-state index in [2.05, 4.69) is 95.4 Å². The topological polar surface area (TPSA) is 432 Å². The van der Waals surface area contributed by atoms with E-state index in [1.807, 2.05) is 0 Å². The molecule has 43 heteroatoms. The SMILES string of the molecule is CC(=O)NC1CN([C@H]2CC[C@H](CNc3nc(NCc4ccccc4OC(F)(F)F)ncc3[N+](=O)[O-])CC2)C1.CS(=O)(=O)NC1CN([C@H]2CC[C@H](CNc3nc(NCc4ccccc4OC(F)(F)F)ncc3[N+](=O)[O-])CC2)C1.Nc1nc(NCc2ccccc2OC(F)(F)F)nc(C[C@H]2CC[C@H](N3CC(N)C3)CC2)c1[N+](=O)[O-]. The molecule has 3 aromatic carbocycles. The lowest BCUT2D eigenvalue weighted by atomic mass is 9.81. The first-order valence-corrected chi connectivity index (χ1v) is 38.2. The highest BCUT2D eigenvalue weighted by Gasteiger charge is 2.40. The van der Waals surface area contributed by atoms with E-state index < -0.39 is 43.9 Å². The summed E-state index contributed by atoms with van der Waals surface area (Å²) in [5, 5.41) is 52.2. The maximum absolute atomic E-state index is 12.7. The van der Waals surface area contributed by atoms with Gasteiger partial charge in [-0.25, -0.2) is 28.1 Å². The van der Waals surface area contributed by atoms with E-state index >= 15 is 0 Å². The highest BCUT2D eigenvalue weighted by Crippen LogP contribution is 2.38. The second-order valence-electron chi connectivity index (χ2n) is 28.5. The number of ether oxygens (including phenoxy) is 3. The van der Waals surface area contributed by atoms with Gasteiger partial charge in [-0.3, -0.25) is 49.8 Å². The standard InChI is InChI=1S/C24H30F3N7O4.C23H30F3N7O5S.C22H28F3N7O3/c1-15(35)31-18-13-33(14-18)19-8-6-16(7-9-19)10-28-22-20(34(36)37)12-30-23(32-22)29-11-17-4-2-3-5-21(17)38-24(25,26)27;1-39(36,37)31-17-13-32(14-17)18-8-6-15(7-9-18)10-27-21-19(33(34)35)12-29-22(30-21)28-11-16-4-2-3-5-20(16)38-23(24,25)26;23-22(24,25)35-18-4-2-1-3-14(18)10-28-21-29-17(19(32(33)34)20(27)30-21)9-13-5-7-16(8-6-13)31-11-15(26)12-31/h2-5,12,16,18-19H,6-11,13-14H2,1H3,(H,31,35)(H2,28,29,30,32);2-5,12,15,17-18,31H,6-11,13-14H2,1H3,(H2,27,28,29,30);1-4,13,15-16H,5-12,26H2,(H3,27,28,29,30)/t16-,19-;15-,18-;13-,16-. The highest BCUT2D eigenvalue weighted by atomic mass is 32.2. The summed E-state index contributed by atoms with van der Waals surface area (Å²) in [4.78, 5) is 75.7. The number of nitrogens with zero attached hydrogens (tertiary/aromatic N) is 12. The van der Waals surface area contributed by atoms with E-state index in [9.17, 15) is 83.1 Å². The van der Waals surface area contributed by atoms with E-state index in [0.717, 1.165) is 122 Å². The Bertz CT molecular complexity index is 4310. The molecule has 0 unspecified atom stereocenters. The molecule has 3 aliphatic carbocycles. The Labute approximate surface area is 637 Å². The third-order valence-electron chi connectivity index (χ3n) is 20.1. The molecule has 3 aliphatic heterocycles. The zero-order chi connectivity index (χ0) is 80.7. The largest absolute Gasteiger partial charge is 0.573 e. The van der Waals surface area contributed by atoms with Gasteiger partial charge < -0.3 is 57.6 Å². The molecule has 3 aromatic heterocycles. The Hall–Kier alpha value is -10.1. The summed E-state index contributed by atoms with van der Waals surface area (Å²) in [7, 11) is -3.21. The van der Waals surface area contributed by atoms with Crippen LogP contribution in [0.25, 0.3) is 0 Å². The van der Waals surface area contributed by atoms with Gasteiger partial charge in [0.1, 0.15) is 35.3 Å². The third kappa shape index (κ3) is 25.5. The summed E-state index contributed by atoms with van der Waals surface area (Å²) in [6, 6.07) is 18.7. The molecular weight excluding hydrogens is 1520 g/mol. The molecule has 610 valence electrons. The van der Waals surface area contributed by atoms with Crippen molar-refractivity contribution in [3.8, 4) is 17.2 Å². The van der Waals surface area contributed by atoms with Crippen LogP contribution < -0.4 is 62.3 Å². The highest BCUT2D eigenvalue weighted by molar-refractivity contribution is 7.88. The maximum atomic E-state index is 12.7. The molecule has 0 spiro atoms. The molecule has 0 bridgehead atoms. The number of halogens is 9.